The van der Waals surface area contributed by atoms with Crippen LogP contribution >= 0.6 is 0 Å². The van der Waals surface area contributed by atoms with Crippen molar-refractivity contribution in [3.63, 3.8) is 0 Å². The number of methoxy groups -OCH3 is 4. The van der Waals surface area contributed by atoms with E-state index < -0.39 is 29.1 Å². The van der Waals surface area contributed by atoms with Gasteiger partial charge < -0.3 is 18.9 Å². The average Bonchev–Trinajstić information content (AvgIpc) is 2.92. The Labute approximate surface area is 188 Å². The minimum Gasteiger partial charge on any atom is -0.493 e. The first-order valence-electron chi connectivity index (χ1n) is 9.90. The summed E-state index contributed by atoms with van der Waals surface area (Å²) in [5, 5.41) is 0. The highest BCUT2D eigenvalue weighted by Crippen LogP contribution is 2.46. The molecule has 3 aromatic rings. The lowest BCUT2D eigenvalue weighted by Crippen LogP contribution is -2.15. The van der Waals surface area contributed by atoms with Gasteiger partial charge in [-0.25, -0.2) is 8.78 Å². The molecule has 0 spiro atoms. The number of Topliss-reactive ketones (excluding diaryl/α,β-unsaturated/α-hetero) is 2. The summed E-state index contributed by atoms with van der Waals surface area (Å²) >= 11 is 0. The molecule has 8 heteroatoms. The molecule has 0 saturated carbocycles. The molecule has 0 fully saturated rings. The van der Waals surface area contributed by atoms with Crippen LogP contribution in [0.1, 0.15) is 43.3 Å². The van der Waals surface area contributed by atoms with E-state index in [4.69, 9.17) is 18.9 Å². The van der Waals surface area contributed by atoms with Gasteiger partial charge in [-0.1, -0.05) is 6.07 Å². The SMILES string of the molecule is COc1cc2c(cc1OC)C(c1ccc(F)c(F)c1)c1cc(OC)c(OC)cc1C(=O)C2=O. The third kappa shape index (κ3) is 3.57. The second-order valence-electron chi connectivity index (χ2n) is 7.35. The molecule has 3 aromatic carbocycles. The smallest absolute Gasteiger partial charge is 0.233 e. The first-order valence-corrected chi connectivity index (χ1v) is 9.90. The molecular weight excluding hydrogens is 434 g/mol. The standard InChI is InChI=1S/C25H20F2O6/c1-30-19-8-13-15(10-21(19)32-3)24(28)25(29)16-11-22(33-4)20(31-2)9-14(16)23(13)12-5-6-17(26)18(27)7-12/h5-11,23H,1-4H3. The Hall–Kier alpha value is -3.94. The highest BCUT2D eigenvalue weighted by Gasteiger charge is 2.37. The number of ketones is 2. The fraction of sp³-hybridized carbons (Fsp3) is 0.200. The van der Waals surface area contributed by atoms with Crippen LogP contribution in [0.15, 0.2) is 42.5 Å². The van der Waals surface area contributed by atoms with Crippen LogP contribution in [0.4, 0.5) is 8.78 Å². The number of carbonyl (C=O) groups excluding carboxylic acids is 2. The van der Waals surface area contributed by atoms with Gasteiger partial charge in [-0.3, -0.25) is 9.59 Å². The van der Waals surface area contributed by atoms with E-state index in [1.165, 1.54) is 46.6 Å². The Bertz CT molecular complexity index is 1210. The summed E-state index contributed by atoms with van der Waals surface area (Å²) < 4.78 is 49.4. The zero-order valence-electron chi connectivity index (χ0n) is 18.3. The van der Waals surface area contributed by atoms with Gasteiger partial charge in [0.05, 0.1) is 28.4 Å². The van der Waals surface area contributed by atoms with Crippen LogP contribution < -0.4 is 18.9 Å². The maximum absolute atomic E-state index is 14.3. The molecule has 1 aliphatic carbocycles. The molecule has 0 atom stereocenters. The van der Waals surface area contributed by atoms with Gasteiger partial charge >= 0.3 is 0 Å². The number of hydrogen-bond donors (Lipinski definition) is 0. The Kier molecular flexibility index (Phi) is 5.76. The van der Waals surface area contributed by atoms with Gasteiger partial charge in [0.25, 0.3) is 0 Å². The summed E-state index contributed by atoms with van der Waals surface area (Å²) in [5.41, 5.74) is 1.23. The summed E-state index contributed by atoms with van der Waals surface area (Å²) in [7, 11) is 5.68. The summed E-state index contributed by atoms with van der Waals surface area (Å²) in [4.78, 5) is 26.5. The van der Waals surface area contributed by atoms with E-state index in [0.29, 0.717) is 28.2 Å². The third-order valence-electron chi connectivity index (χ3n) is 5.71. The van der Waals surface area contributed by atoms with Crippen molar-refractivity contribution in [2.24, 2.45) is 0 Å². The van der Waals surface area contributed by atoms with Gasteiger partial charge in [0.1, 0.15) is 0 Å². The highest BCUT2D eigenvalue weighted by atomic mass is 19.2. The maximum atomic E-state index is 14.3. The molecule has 0 unspecified atom stereocenters. The third-order valence-corrected chi connectivity index (χ3v) is 5.71. The van der Waals surface area contributed by atoms with Crippen molar-refractivity contribution in [2.75, 3.05) is 28.4 Å². The minimum atomic E-state index is -1.06. The number of hydrogen-bond acceptors (Lipinski definition) is 6. The van der Waals surface area contributed by atoms with E-state index in [0.717, 1.165) is 12.1 Å². The minimum absolute atomic E-state index is 0.0708. The van der Waals surface area contributed by atoms with E-state index in [1.807, 2.05) is 0 Å². The zero-order chi connectivity index (χ0) is 23.9. The zero-order valence-corrected chi connectivity index (χ0v) is 18.3. The van der Waals surface area contributed by atoms with Crippen LogP contribution in [0, 0.1) is 11.6 Å². The molecule has 0 radical (unpaired) electrons. The number of halogens is 2. The van der Waals surface area contributed by atoms with E-state index in [-0.39, 0.29) is 22.6 Å². The summed E-state index contributed by atoms with van der Waals surface area (Å²) in [6, 6.07) is 9.42. The first kappa shape index (κ1) is 22.3. The monoisotopic (exact) mass is 454 g/mol. The molecular formula is C25H20F2O6. The predicted octanol–water partition coefficient (Wildman–Crippen LogP) is 4.56. The second-order valence-corrected chi connectivity index (χ2v) is 7.35. The molecule has 0 aliphatic heterocycles. The van der Waals surface area contributed by atoms with E-state index in [2.05, 4.69) is 0 Å². The molecule has 1 aliphatic rings. The largest absolute Gasteiger partial charge is 0.493 e. The first-order chi connectivity index (χ1) is 15.8. The fourth-order valence-electron chi connectivity index (χ4n) is 4.12. The van der Waals surface area contributed by atoms with Crippen molar-refractivity contribution in [3.05, 3.63) is 81.9 Å². The van der Waals surface area contributed by atoms with E-state index in [9.17, 15) is 18.4 Å². The summed E-state index contributed by atoms with van der Waals surface area (Å²) in [6.07, 6.45) is 0. The number of carbonyl (C=O) groups is 2. The normalized spacial score (nSPS) is 13.2. The number of benzene rings is 3. The lowest BCUT2D eigenvalue weighted by Gasteiger charge is -2.23. The van der Waals surface area contributed by atoms with Crippen LogP contribution in [0.25, 0.3) is 0 Å². The fourth-order valence-corrected chi connectivity index (χ4v) is 4.12. The lowest BCUT2D eigenvalue weighted by atomic mass is 9.82. The van der Waals surface area contributed by atoms with Crippen LogP contribution in [0.2, 0.25) is 0 Å². The molecule has 33 heavy (non-hydrogen) atoms. The Balaban J connectivity index is 2.13. The highest BCUT2D eigenvalue weighted by molar-refractivity contribution is 6.50. The molecule has 0 heterocycles. The van der Waals surface area contributed by atoms with Crippen LogP contribution in [0.3, 0.4) is 0 Å². The van der Waals surface area contributed by atoms with Crippen LogP contribution in [-0.2, 0) is 0 Å². The van der Waals surface area contributed by atoms with Crippen LogP contribution in [-0.4, -0.2) is 40.0 Å². The predicted molar refractivity (Wildman–Crippen MR) is 115 cm³/mol. The second kappa shape index (κ2) is 8.54. The van der Waals surface area contributed by atoms with Gasteiger partial charge in [-0.15, -0.1) is 0 Å². The van der Waals surface area contributed by atoms with E-state index >= 15 is 0 Å². The average molecular weight is 454 g/mol. The van der Waals surface area contributed by atoms with Gasteiger partial charge in [-0.2, -0.15) is 0 Å². The maximum Gasteiger partial charge on any atom is 0.233 e. The molecule has 6 nitrogen and oxygen atoms in total. The summed E-state index contributed by atoms with van der Waals surface area (Å²) in [5.74, 6) is -3.31. The molecule has 0 aromatic heterocycles. The Morgan fingerprint density at radius 1 is 0.606 bits per heavy atom. The van der Waals surface area contributed by atoms with Crippen molar-refractivity contribution in [1.82, 2.24) is 0 Å². The molecule has 0 saturated heterocycles. The topological polar surface area (TPSA) is 71.1 Å². The summed E-state index contributed by atoms with van der Waals surface area (Å²) in [6.45, 7) is 0. The number of ether oxygens (including phenoxy) is 4. The molecule has 0 N–H and O–H groups in total. The molecule has 4 rings (SSSR count). The van der Waals surface area contributed by atoms with Gasteiger partial charge in [0, 0.05) is 17.0 Å². The van der Waals surface area contributed by atoms with Crippen molar-refractivity contribution in [2.45, 2.75) is 5.92 Å². The van der Waals surface area contributed by atoms with Crippen molar-refractivity contribution < 1.29 is 37.3 Å². The van der Waals surface area contributed by atoms with Crippen molar-refractivity contribution in [3.8, 4) is 23.0 Å². The number of rotatable bonds is 5. The van der Waals surface area contributed by atoms with Gasteiger partial charge in [0.2, 0.25) is 11.6 Å². The van der Waals surface area contributed by atoms with E-state index in [1.54, 1.807) is 12.1 Å². The van der Waals surface area contributed by atoms with Crippen molar-refractivity contribution >= 4 is 11.6 Å². The van der Waals surface area contributed by atoms with Crippen LogP contribution in [0.5, 0.6) is 23.0 Å². The molecule has 0 bridgehead atoms. The lowest BCUT2D eigenvalue weighted by molar-refractivity contribution is 0.0817. The van der Waals surface area contributed by atoms with Crippen molar-refractivity contribution in [1.29, 1.82) is 0 Å². The number of fused-ring (bicyclic) bond motifs is 2. The van der Waals surface area contributed by atoms with Gasteiger partial charge in [-0.05, 0) is 53.1 Å². The quantitative estimate of drug-likeness (QED) is 0.527. The molecule has 0 amide bonds. The Morgan fingerprint density at radius 3 is 1.42 bits per heavy atom. The van der Waals surface area contributed by atoms with Gasteiger partial charge in [0.15, 0.2) is 34.6 Å². The Morgan fingerprint density at radius 2 is 1.03 bits per heavy atom. The molecule has 170 valence electrons.